The van der Waals surface area contributed by atoms with Crippen LogP contribution in [0.3, 0.4) is 0 Å². The van der Waals surface area contributed by atoms with Crippen molar-refractivity contribution < 1.29 is 4.92 Å². The molecule has 0 aliphatic carbocycles. The molecule has 1 aromatic carbocycles. The van der Waals surface area contributed by atoms with Gasteiger partial charge in [0.25, 0.3) is 5.69 Å². The number of anilines is 1. The van der Waals surface area contributed by atoms with E-state index in [9.17, 15) is 10.1 Å². The highest BCUT2D eigenvalue weighted by Gasteiger charge is 2.12. The van der Waals surface area contributed by atoms with Crippen LogP contribution in [0.25, 0.3) is 0 Å². The fraction of sp³-hybridized carbons (Fsp3) is 0.143. The minimum Gasteiger partial charge on any atom is -0.386 e. The Hall–Kier alpha value is -1.00. The van der Waals surface area contributed by atoms with E-state index in [0.717, 1.165) is 0 Å². The summed E-state index contributed by atoms with van der Waals surface area (Å²) in [6.45, 7) is 0. The van der Waals surface area contributed by atoms with Gasteiger partial charge in [0.15, 0.2) is 0 Å². The van der Waals surface area contributed by atoms with Crippen molar-refractivity contribution in [1.82, 2.24) is 0 Å². The van der Waals surface area contributed by atoms with Gasteiger partial charge in [-0.05, 0) is 0 Å². The number of hydrogen-bond donors (Lipinski definition) is 1. The van der Waals surface area contributed by atoms with Crippen LogP contribution in [0.2, 0.25) is 10.0 Å². The molecule has 6 heteroatoms. The Balaban J connectivity index is 3.28. The maximum atomic E-state index is 10.4. The van der Waals surface area contributed by atoms with Crippen LogP contribution in [0.15, 0.2) is 12.1 Å². The molecule has 70 valence electrons. The quantitative estimate of drug-likeness (QED) is 0.616. The van der Waals surface area contributed by atoms with Gasteiger partial charge in [-0.25, -0.2) is 0 Å². The summed E-state index contributed by atoms with van der Waals surface area (Å²) >= 11 is 11.5. The van der Waals surface area contributed by atoms with E-state index in [0.29, 0.717) is 5.69 Å². The van der Waals surface area contributed by atoms with Crippen molar-refractivity contribution in [3.8, 4) is 0 Å². The number of non-ortho nitro benzene ring substituents is 1. The zero-order valence-electron chi connectivity index (χ0n) is 6.67. The van der Waals surface area contributed by atoms with E-state index in [-0.39, 0.29) is 15.7 Å². The maximum Gasteiger partial charge on any atom is 0.272 e. The second-order valence-corrected chi connectivity index (χ2v) is 3.11. The fourth-order valence-corrected chi connectivity index (χ4v) is 1.57. The fourth-order valence-electron chi connectivity index (χ4n) is 0.904. The number of nitrogens with zero attached hydrogens (tertiary/aromatic N) is 1. The lowest BCUT2D eigenvalue weighted by atomic mass is 10.3. The molecule has 0 saturated carbocycles. The first-order valence-electron chi connectivity index (χ1n) is 3.37. The molecule has 0 radical (unpaired) electrons. The average Bonchev–Trinajstić information content (AvgIpc) is 2.03. The molecule has 0 spiro atoms. The predicted molar refractivity (Wildman–Crippen MR) is 52.7 cm³/mol. The molecule has 0 bridgehead atoms. The molecule has 0 saturated heterocycles. The number of hydrogen-bond acceptors (Lipinski definition) is 3. The van der Waals surface area contributed by atoms with Gasteiger partial charge in [-0.2, -0.15) is 0 Å². The van der Waals surface area contributed by atoms with Gasteiger partial charge in [0.1, 0.15) is 0 Å². The highest BCUT2D eigenvalue weighted by molar-refractivity contribution is 6.39. The molecule has 0 aromatic heterocycles. The van der Waals surface area contributed by atoms with Gasteiger partial charge in [0, 0.05) is 19.2 Å². The predicted octanol–water partition coefficient (Wildman–Crippen LogP) is 2.94. The van der Waals surface area contributed by atoms with E-state index in [1.807, 2.05) is 0 Å². The lowest BCUT2D eigenvalue weighted by Crippen LogP contribution is -1.93. The number of nitrogens with one attached hydrogen (secondary N) is 1. The Bertz CT molecular complexity index is 331. The third-order valence-electron chi connectivity index (χ3n) is 1.49. The maximum absolute atomic E-state index is 10.4. The van der Waals surface area contributed by atoms with Gasteiger partial charge in [0.05, 0.1) is 20.7 Å². The first-order valence-corrected chi connectivity index (χ1v) is 4.13. The molecule has 0 heterocycles. The Labute approximate surface area is 84.6 Å². The van der Waals surface area contributed by atoms with Crippen molar-refractivity contribution in [2.24, 2.45) is 0 Å². The molecule has 0 aliphatic rings. The van der Waals surface area contributed by atoms with Crippen LogP contribution in [0, 0.1) is 10.1 Å². The van der Waals surface area contributed by atoms with Crippen LogP contribution in [0.5, 0.6) is 0 Å². The summed E-state index contributed by atoms with van der Waals surface area (Å²) in [5.74, 6) is 0. The molecule has 0 amide bonds. The third-order valence-corrected chi connectivity index (χ3v) is 2.08. The molecule has 1 aromatic rings. The largest absolute Gasteiger partial charge is 0.386 e. The second kappa shape index (κ2) is 3.81. The van der Waals surface area contributed by atoms with E-state index in [1.165, 1.54) is 12.1 Å². The van der Waals surface area contributed by atoms with Crippen molar-refractivity contribution in [2.75, 3.05) is 12.4 Å². The number of rotatable bonds is 2. The van der Waals surface area contributed by atoms with Crippen molar-refractivity contribution in [3.05, 3.63) is 32.3 Å². The SMILES string of the molecule is CNc1c(Cl)cc([N+](=O)[O-])cc1Cl. The molecule has 0 unspecified atom stereocenters. The summed E-state index contributed by atoms with van der Waals surface area (Å²) in [7, 11) is 1.64. The van der Waals surface area contributed by atoms with Gasteiger partial charge < -0.3 is 5.32 Å². The van der Waals surface area contributed by atoms with E-state index in [2.05, 4.69) is 5.32 Å². The third kappa shape index (κ3) is 2.02. The zero-order chi connectivity index (χ0) is 10.0. The van der Waals surface area contributed by atoms with Crippen LogP contribution >= 0.6 is 23.2 Å². The van der Waals surface area contributed by atoms with Crippen LogP contribution in [0.1, 0.15) is 0 Å². The lowest BCUT2D eigenvalue weighted by molar-refractivity contribution is -0.384. The van der Waals surface area contributed by atoms with Crippen LogP contribution in [0.4, 0.5) is 11.4 Å². The smallest absolute Gasteiger partial charge is 0.272 e. The van der Waals surface area contributed by atoms with E-state index in [4.69, 9.17) is 23.2 Å². The summed E-state index contributed by atoms with van der Waals surface area (Å²) in [5, 5.41) is 13.6. The van der Waals surface area contributed by atoms with Crippen LogP contribution in [-0.4, -0.2) is 12.0 Å². The zero-order valence-corrected chi connectivity index (χ0v) is 8.19. The molecule has 0 atom stereocenters. The van der Waals surface area contributed by atoms with Crippen molar-refractivity contribution in [2.45, 2.75) is 0 Å². The highest BCUT2D eigenvalue weighted by Crippen LogP contribution is 2.33. The number of halogens is 2. The molecule has 4 nitrogen and oxygen atoms in total. The Morgan fingerprint density at radius 1 is 1.38 bits per heavy atom. The van der Waals surface area contributed by atoms with Crippen molar-refractivity contribution in [3.63, 3.8) is 0 Å². The summed E-state index contributed by atoms with van der Waals surface area (Å²) < 4.78 is 0. The van der Waals surface area contributed by atoms with Gasteiger partial charge >= 0.3 is 0 Å². The minimum atomic E-state index is -0.544. The molecule has 13 heavy (non-hydrogen) atoms. The van der Waals surface area contributed by atoms with Gasteiger partial charge in [-0.15, -0.1) is 0 Å². The summed E-state index contributed by atoms with van der Waals surface area (Å²) in [4.78, 5) is 9.83. The topological polar surface area (TPSA) is 55.2 Å². The van der Waals surface area contributed by atoms with Gasteiger partial charge in [-0.1, -0.05) is 23.2 Å². The van der Waals surface area contributed by atoms with Gasteiger partial charge in [0.2, 0.25) is 0 Å². The standard InChI is InChI=1S/C7H6Cl2N2O2/c1-10-7-5(8)2-4(11(12)13)3-6(7)9/h2-3,10H,1H3. The summed E-state index contributed by atoms with van der Waals surface area (Å²) in [6, 6.07) is 2.50. The summed E-state index contributed by atoms with van der Waals surface area (Å²) in [6.07, 6.45) is 0. The monoisotopic (exact) mass is 220 g/mol. The number of nitro groups is 1. The molecule has 1 rings (SSSR count). The first-order chi connectivity index (χ1) is 6.06. The minimum absolute atomic E-state index is 0.117. The molecular formula is C7H6Cl2N2O2. The van der Waals surface area contributed by atoms with Crippen molar-refractivity contribution >= 4 is 34.6 Å². The lowest BCUT2D eigenvalue weighted by Gasteiger charge is -2.04. The highest BCUT2D eigenvalue weighted by atomic mass is 35.5. The number of benzene rings is 1. The molecular weight excluding hydrogens is 215 g/mol. The van der Waals surface area contributed by atoms with Gasteiger partial charge in [-0.3, -0.25) is 10.1 Å². The average molecular weight is 221 g/mol. The van der Waals surface area contributed by atoms with Crippen molar-refractivity contribution in [1.29, 1.82) is 0 Å². The normalized spacial score (nSPS) is 9.77. The van der Waals surface area contributed by atoms with E-state index in [1.54, 1.807) is 7.05 Å². The molecule has 0 fully saturated rings. The molecule has 0 aliphatic heterocycles. The van der Waals surface area contributed by atoms with E-state index >= 15 is 0 Å². The van der Waals surface area contributed by atoms with E-state index < -0.39 is 4.92 Å². The second-order valence-electron chi connectivity index (χ2n) is 2.29. The molecule has 1 N–H and O–H groups in total. The number of nitro benzene ring substituents is 1. The van der Waals surface area contributed by atoms with Crippen LogP contribution in [-0.2, 0) is 0 Å². The Morgan fingerprint density at radius 2 is 1.85 bits per heavy atom. The van der Waals surface area contributed by atoms with Crippen LogP contribution < -0.4 is 5.32 Å². The first kappa shape index (κ1) is 10.1. The Morgan fingerprint density at radius 3 is 2.15 bits per heavy atom. The Kier molecular flexibility index (Phi) is 2.95. The summed E-state index contributed by atoms with van der Waals surface area (Å²) in [5.41, 5.74) is 0.378.